The van der Waals surface area contributed by atoms with E-state index >= 15 is 0 Å². The summed E-state index contributed by atoms with van der Waals surface area (Å²) in [4.78, 5) is 39.3. The molecule has 0 aliphatic carbocycles. The zero-order chi connectivity index (χ0) is 18.3. The van der Waals surface area contributed by atoms with Gasteiger partial charge in [0.25, 0.3) is 0 Å². The molecule has 0 atom stereocenters. The van der Waals surface area contributed by atoms with Gasteiger partial charge in [0.05, 0.1) is 25.6 Å². The third-order valence-electron chi connectivity index (χ3n) is 3.89. The number of amides is 2. The molecule has 1 aliphatic rings. The molecule has 0 unspecified atom stereocenters. The molecule has 0 aromatic heterocycles. The highest BCUT2D eigenvalue weighted by molar-refractivity contribution is 5.85. The fraction of sp³-hybridized carbons (Fsp3) is 0.824. The lowest BCUT2D eigenvalue weighted by molar-refractivity contribution is -0.149. The molecule has 0 radical (unpaired) electrons. The Morgan fingerprint density at radius 3 is 2.29 bits per heavy atom. The van der Waals surface area contributed by atoms with Gasteiger partial charge in [0.1, 0.15) is 0 Å². The van der Waals surface area contributed by atoms with Crippen LogP contribution in [0.3, 0.4) is 0 Å². The van der Waals surface area contributed by atoms with Gasteiger partial charge in [-0.25, -0.2) is 0 Å². The number of piperidine rings is 1. The first-order valence-corrected chi connectivity index (χ1v) is 8.56. The molecule has 7 heteroatoms. The molecule has 1 fully saturated rings. The van der Waals surface area contributed by atoms with Crippen LogP contribution in [0, 0.1) is 5.92 Å². The van der Waals surface area contributed by atoms with Gasteiger partial charge in [0, 0.05) is 12.6 Å². The van der Waals surface area contributed by atoms with Crippen LogP contribution in [0.2, 0.25) is 0 Å². The molecule has 1 saturated heterocycles. The minimum Gasteiger partial charge on any atom is -0.466 e. The third-order valence-corrected chi connectivity index (χ3v) is 3.89. The fourth-order valence-corrected chi connectivity index (χ4v) is 2.66. The van der Waals surface area contributed by atoms with Crippen LogP contribution in [0.5, 0.6) is 0 Å². The maximum Gasteiger partial charge on any atom is 0.309 e. The van der Waals surface area contributed by atoms with Crippen LogP contribution < -0.4 is 5.32 Å². The van der Waals surface area contributed by atoms with Crippen molar-refractivity contribution in [3.05, 3.63) is 0 Å². The zero-order valence-corrected chi connectivity index (χ0v) is 15.6. The Morgan fingerprint density at radius 2 is 1.79 bits per heavy atom. The summed E-state index contributed by atoms with van der Waals surface area (Å²) in [6.07, 6.45) is 1.42. The van der Waals surface area contributed by atoms with Crippen LogP contribution in [0.15, 0.2) is 0 Å². The number of likely N-dealkylation sites (N-methyl/N-ethyl adjacent to an activating group) is 1. The number of nitrogens with one attached hydrogen (secondary N) is 1. The molecular weight excluding hydrogens is 310 g/mol. The Hall–Kier alpha value is -1.63. The van der Waals surface area contributed by atoms with Crippen LogP contribution in [0.25, 0.3) is 0 Å². The van der Waals surface area contributed by atoms with Gasteiger partial charge >= 0.3 is 5.97 Å². The van der Waals surface area contributed by atoms with Crippen molar-refractivity contribution < 1.29 is 19.1 Å². The number of rotatable bonds is 6. The molecule has 1 heterocycles. The lowest BCUT2D eigenvalue weighted by Gasteiger charge is -2.31. The zero-order valence-electron chi connectivity index (χ0n) is 15.6. The van der Waals surface area contributed by atoms with Crippen molar-refractivity contribution in [3.8, 4) is 0 Å². The van der Waals surface area contributed by atoms with Crippen LogP contribution >= 0.6 is 0 Å². The van der Waals surface area contributed by atoms with E-state index in [1.54, 1.807) is 14.0 Å². The topological polar surface area (TPSA) is 79.0 Å². The van der Waals surface area contributed by atoms with Crippen molar-refractivity contribution in [1.29, 1.82) is 0 Å². The predicted molar refractivity (Wildman–Crippen MR) is 91.3 cm³/mol. The van der Waals surface area contributed by atoms with E-state index in [0.717, 1.165) is 0 Å². The highest BCUT2D eigenvalue weighted by atomic mass is 16.5. The Morgan fingerprint density at radius 1 is 1.21 bits per heavy atom. The SMILES string of the molecule is CCOC(=O)C1CCN(CC(=O)N(C)CC(=O)NC(C)(C)C)CC1. The van der Waals surface area contributed by atoms with E-state index < -0.39 is 0 Å². The number of likely N-dealkylation sites (tertiary alicyclic amines) is 1. The molecule has 1 N–H and O–H groups in total. The van der Waals surface area contributed by atoms with E-state index in [1.807, 2.05) is 25.7 Å². The van der Waals surface area contributed by atoms with Gasteiger partial charge in [0.15, 0.2) is 0 Å². The molecule has 138 valence electrons. The summed E-state index contributed by atoms with van der Waals surface area (Å²) in [5.41, 5.74) is -0.310. The molecule has 0 aromatic rings. The Balaban J connectivity index is 2.35. The average molecular weight is 341 g/mol. The summed E-state index contributed by atoms with van der Waals surface area (Å²) in [7, 11) is 1.63. The predicted octanol–water partition coefficient (Wildman–Crippen LogP) is 0.635. The van der Waals surface area contributed by atoms with E-state index in [0.29, 0.717) is 32.5 Å². The van der Waals surface area contributed by atoms with Crippen molar-refractivity contribution in [2.75, 3.05) is 39.8 Å². The van der Waals surface area contributed by atoms with E-state index in [4.69, 9.17) is 4.74 Å². The Kier molecular flexibility index (Phi) is 7.66. The number of hydrogen-bond donors (Lipinski definition) is 1. The number of carbonyl (C=O) groups is 3. The smallest absolute Gasteiger partial charge is 0.309 e. The van der Waals surface area contributed by atoms with Crippen LogP contribution in [-0.2, 0) is 19.1 Å². The Bertz CT molecular complexity index is 451. The fourth-order valence-electron chi connectivity index (χ4n) is 2.66. The normalized spacial score (nSPS) is 16.5. The summed E-state index contributed by atoms with van der Waals surface area (Å²) in [5, 5.41) is 2.84. The van der Waals surface area contributed by atoms with Crippen molar-refractivity contribution in [2.45, 2.75) is 46.1 Å². The molecule has 1 rings (SSSR count). The summed E-state index contributed by atoms with van der Waals surface area (Å²) in [6.45, 7) is 9.62. The van der Waals surface area contributed by atoms with Crippen molar-refractivity contribution in [3.63, 3.8) is 0 Å². The van der Waals surface area contributed by atoms with Gasteiger partial charge in [-0.1, -0.05) is 0 Å². The number of hydrogen-bond acceptors (Lipinski definition) is 5. The number of carbonyl (C=O) groups excluding carboxylic acids is 3. The summed E-state index contributed by atoms with van der Waals surface area (Å²) < 4.78 is 5.04. The Labute approximate surface area is 144 Å². The monoisotopic (exact) mass is 341 g/mol. The minimum atomic E-state index is -0.310. The molecule has 0 aromatic carbocycles. The molecule has 24 heavy (non-hydrogen) atoms. The highest BCUT2D eigenvalue weighted by Crippen LogP contribution is 2.18. The maximum absolute atomic E-state index is 12.2. The molecule has 2 amide bonds. The second-order valence-corrected chi connectivity index (χ2v) is 7.35. The van der Waals surface area contributed by atoms with E-state index in [-0.39, 0.29) is 42.3 Å². The van der Waals surface area contributed by atoms with E-state index in [1.165, 1.54) is 4.90 Å². The lowest BCUT2D eigenvalue weighted by atomic mass is 9.97. The lowest BCUT2D eigenvalue weighted by Crippen LogP contribution is -2.48. The number of ether oxygens (including phenoxy) is 1. The van der Waals surface area contributed by atoms with Crippen LogP contribution in [0.1, 0.15) is 40.5 Å². The summed E-state index contributed by atoms with van der Waals surface area (Å²) in [5.74, 6) is -0.459. The molecule has 0 saturated carbocycles. The van der Waals surface area contributed by atoms with Gasteiger partial charge in [0.2, 0.25) is 11.8 Å². The molecular formula is C17H31N3O4. The van der Waals surface area contributed by atoms with E-state index in [2.05, 4.69) is 5.32 Å². The quantitative estimate of drug-likeness (QED) is 0.717. The summed E-state index contributed by atoms with van der Waals surface area (Å²) in [6, 6.07) is 0. The van der Waals surface area contributed by atoms with Crippen LogP contribution in [0.4, 0.5) is 0 Å². The summed E-state index contributed by atoms with van der Waals surface area (Å²) >= 11 is 0. The number of esters is 1. The van der Waals surface area contributed by atoms with Crippen LogP contribution in [-0.4, -0.2) is 73.0 Å². The van der Waals surface area contributed by atoms with E-state index in [9.17, 15) is 14.4 Å². The molecule has 7 nitrogen and oxygen atoms in total. The molecule has 0 spiro atoms. The van der Waals surface area contributed by atoms with Crippen molar-refractivity contribution in [2.24, 2.45) is 5.92 Å². The molecule has 1 aliphatic heterocycles. The van der Waals surface area contributed by atoms with Gasteiger partial charge in [-0.15, -0.1) is 0 Å². The minimum absolute atomic E-state index is 0.0510. The first-order chi connectivity index (χ1) is 11.1. The standard InChI is InChI=1S/C17H31N3O4/c1-6-24-16(23)13-7-9-20(10-8-13)12-15(22)19(5)11-14(21)18-17(2,3)4/h13H,6-12H2,1-5H3,(H,18,21). The van der Waals surface area contributed by atoms with Gasteiger partial charge in [-0.2, -0.15) is 0 Å². The highest BCUT2D eigenvalue weighted by Gasteiger charge is 2.27. The maximum atomic E-state index is 12.2. The molecule has 0 bridgehead atoms. The van der Waals surface area contributed by atoms with Crippen molar-refractivity contribution in [1.82, 2.24) is 15.1 Å². The first-order valence-electron chi connectivity index (χ1n) is 8.56. The average Bonchev–Trinajstić information content (AvgIpc) is 2.46. The van der Waals surface area contributed by atoms with Crippen molar-refractivity contribution >= 4 is 17.8 Å². The van der Waals surface area contributed by atoms with Gasteiger partial charge < -0.3 is 15.0 Å². The van der Waals surface area contributed by atoms with Gasteiger partial charge in [-0.3, -0.25) is 19.3 Å². The second-order valence-electron chi connectivity index (χ2n) is 7.35. The first kappa shape index (κ1) is 20.4. The third kappa shape index (κ3) is 7.29. The number of nitrogens with zero attached hydrogens (tertiary/aromatic N) is 2. The largest absolute Gasteiger partial charge is 0.466 e. The second kappa shape index (κ2) is 9.01. The van der Waals surface area contributed by atoms with Gasteiger partial charge in [-0.05, 0) is 53.6 Å².